The monoisotopic (exact) mass is 1900 g/mol. The number of aromatic hydroxyl groups is 2. The Morgan fingerprint density at radius 3 is 0.686 bits per heavy atom. The van der Waals surface area contributed by atoms with Gasteiger partial charge in [0.2, 0.25) is 0 Å². The van der Waals surface area contributed by atoms with Gasteiger partial charge in [0.15, 0.2) is 0 Å². The molecule has 8 aromatic rings. The number of piperidine rings is 2. The van der Waals surface area contributed by atoms with Gasteiger partial charge in [0.25, 0.3) is 23.6 Å². The van der Waals surface area contributed by atoms with E-state index in [-0.39, 0.29) is 59.3 Å². The average Bonchev–Trinajstić information content (AvgIpc) is 1.61. The van der Waals surface area contributed by atoms with Crippen LogP contribution in [0.5, 0.6) is 23.0 Å². The van der Waals surface area contributed by atoms with Crippen LogP contribution in [-0.2, 0) is 0 Å². The molecular weight excluding hydrogens is 1750 g/mol. The Labute approximate surface area is 831 Å². The summed E-state index contributed by atoms with van der Waals surface area (Å²) in [5.41, 5.74) is 24.5. The van der Waals surface area contributed by atoms with E-state index in [1.807, 2.05) is 114 Å². The maximum absolute atomic E-state index is 13.0. The lowest BCUT2D eigenvalue weighted by Gasteiger charge is -2.44. The van der Waals surface area contributed by atoms with Crippen molar-refractivity contribution in [1.82, 2.24) is 80.9 Å². The lowest BCUT2D eigenvalue weighted by molar-refractivity contribution is 0.0582. The highest BCUT2D eigenvalue weighted by Crippen LogP contribution is 2.45. The summed E-state index contributed by atoms with van der Waals surface area (Å²) in [5, 5.41) is 28.7. The molecule has 20 rings (SSSR count). The smallest absolute Gasteiger partial charge is 0.265 e. The normalized spacial score (nSPS) is 24.4. The molecule has 12 aliphatic rings. The van der Waals surface area contributed by atoms with Crippen LogP contribution in [0.1, 0.15) is 251 Å². The van der Waals surface area contributed by atoms with Crippen LogP contribution in [0.4, 0.5) is 0 Å². The fourth-order valence-corrected chi connectivity index (χ4v) is 24.7. The Morgan fingerprint density at radius 2 is 0.486 bits per heavy atom. The van der Waals surface area contributed by atoms with E-state index >= 15 is 0 Å². The van der Waals surface area contributed by atoms with Gasteiger partial charge in [-0.3, -0.25) is 80.1 Å². The molecule has 12 unspecified atom stereocenters. The van der Waals surface area contributed by atoms with E-state index in [0.29, 0.717) is 70.6 Å². The Bertz CT molecular complexity index is 5330. The zero-order valence-corrected chi connectivity index (χ0v) is 83.0. The summed E-state index contributed by atoms with van der Waals surface area (Å²) < 4.78 is 11.1. The maximum atomic E-state index is 13.0. The van der Waals surface area contributed by atoms with Gasteiger partial charge >= 0.3 is 0 Å². The molecule has 12 saturated heterocycles. The van der Waals surface area contributed by atoms with Gasteiger partial charge in [0, 0.05) is 201 Å². The topological polar surface area (TPSA) is 214 Å². The summed E-state index contributed by atoms with van der Waals surface area (Å²) in [5.74, 6) is 2.20. The van der Waals surface area contributed by atoms with Crippen molar-refractivity contribution in [1.29, 1.82) is 0 Å². The first-order valence-electron chi connectivity index (χ1n) is 52.5. The number of nitrogens with zero attached hydrogens (tertiary/aromatic N) is 12. The number of phenols is 2. The molecule has 12 atom stereocenters. The predicted octanol–water partition coefficient (Wildman–Crippen LogP) is 17.2. The third kappa shape index (κ3) is 25.3. The lowest BCUT2D eigenvalue weighted by atomic mass is 9.94. The predicted molar refractivity (Wildman–Crippen MR) is 557 cm³/mol. The summed E-state index contributed by atoms with van der Waals surface area (Å²) in [6.45, 7) is 35.2. The second kappa shape index (κ2) is 49.3. The number of hydrogen-bond donors (Lipinski definition) is 6. The highest BCUT2D eigenvalue weighted by Gasteiger charge is 2.47. The van der Waals surface area contributed by atoms with Crippen molar-refractivity contribution in [3.63, 3.8) is 0 Å². The minimum atomic E-state index is -0.0431. The van der Waals surface area contributed by atoms with Gasteiger partial charge in [-0.1, -0.05) is 160 Å². The number of carbonyl (C=O) groups excluding carboxylic acids is 4. The number of methoxy groups -OCH3 is 2. The highest BCUT2D eigenvalue weighted by molar-refractivity contribution is 5.95. The van der Waals surface area contributed by atoms with Crippen LogP contribution in [0.3, 0.4) is 0 Å². The zero-order valence-electron chi connectivity index (χ0n) is 83.0. The molecule has 0 aliphatic carbocycles. The number of fused-ring (bicyclic) bond motifs is 8. The van der Waals surface area contributed by atoms with Crippen molar-refractivity contribution < 1.29 is 38.9 Å². The summed E-state index contributed by atoms with van der Waals surface area (Å²) in [4.78, 5) is 72.3. The summed E-state index contributed by atoms with van der Waals surface area (Å²) in [6, 6.07) is 69.4. The summed E-state index contributed by atoms with van der Waals surface area (Å²) in [7, 11) is 3.44. The number of carbonyl (C=O) groups is 4. The number of rotatable bonds is 30. The molecule has 0 spiro atoms. The van der Waals surface area contributed by atoms with Crippen LogP contribution >= 0.6 is 0 Å². The summed E-state index contributed by atoms with van der Waals surface area (Å²) >= 11 is 0. The van der Waals surface area contributed by atoms with Crippen molar-refractivity contribution >= 4 is 23.6 Å². The molecule has 8 bridgehead atoms. The first-order chi connectivity index (χ1) is 68.6. The average molecular weight is 1900 g/mol. The Hall–Kier alpha value is -10.7. The standard InChI is InChI=1S/C30H40N4O2.2C29H38N4O2.C28H36N4O2/c1-3-17-34-26-15-16-27(34)22-32(21-26)29(25-9-8-10-28(20-25)36-2)23-11-13-24(14-12-23)30(35)31-33-18-6-4-5-7-19-33;1-3-16-33-25-14-15-26(33)21-31(20-25)28(24-8-7-9-27(19-24)35-2)22-10-12-23(13-11-22)29(34)30-32-17-5-4-6-18-32;1-2-16-33-25-14-15-26(33)21-31(20-25)28(24-8-7-9-27(34)19-24)22-10-12-23(13-11-22)29(35)30-32-17-5-3-4-6-18-32;1-2-15-32-24-13-14-25(32)20-30(19-24)27(23-7-6-8-26(33)18-23)21-9-11-22(12-10-21)28(34)29-31-16-4-3-5-17-31/h3,8-14,20,26-27,29H,1,4-7,15-19,21-22H2,2H3,(H,31,35);3,7-13,19,25-26,28H,1,4-6,14-18,20-21H2,2H3,(H,30,34);2,7-13,19,25-26,28,34H,1,3-6,14-18,20-21H2,(H,30,35);2,6-12,18,24-25,27,33H,1,3-5,13-17,19-20H2,(H,29,34). The van der Waals surface area contributed by atoms with E-state index in [4.69, 9.17) is 9.47 Å². The minimum absolute atomic E-state index is 0.0162. The van der Waals surface area contributed by atoms with Gasteiger partial charge in [-0.05, 0) is 244 Å². The lowest BCUT2D eigenvalue weighted by Crippen LogP contribution is -2.54. The molecular formula is C116H152N16O8. The van der Waals surface area contributed by atoms with Crippen LogP contribution in [0, 0.1) is 0 Å². The van der Waals surface area contributed by atoms with Crippen molar-refractivity contribution in [2.45, 2.75) is 214 Å². The van der Waals surface area contributed by atoms with E-state index < -0.39 is 0 Å². The Balaban J connectivity index is 0.000000129. The summed E-state index contributed by atoms with van der Waals surface area (Å²) in [6.07, 6.45) is 34.5. The number of phenolic OH excluding ortho intramolecular Hbond substituents is 2. The molecule has 12 aliphatic heterocycles. The van der Waals surface area contributed by atoms with Crippen molar-refractivity contribution in [2.75, 3.05) is 145 Å². The number of piperazine rings is 4. The molecule has 0 aromatic heterocycles. The molecule has 12 fully saturated rings. The molecule has 140 heavy (non-hydrogen) atoms. The molecule has 8 aromatic carbocycles. The number of nitrogens with one attached hydrogen (secondary N) is 4. The van der Waals surface area contributed by atoms with E-state index in [1.54, 1.807) is 26.4 Å². The number of amides is 4. The van der Waals surface area contributed by atoms with E-state index in [2.05, 4.69) is 199 Å². The van der Waals surface area contributed by atoms with Crippen molar-refractivity contribution in [2.24, 2.45) is 0 Å². The Kier molecular flexibility index (Phi) is 35.5. The van der Waals surface area contributed by atoms with Gasteiger partial charge in [0.05, 0.1) is 38.4 Å². The second-order valence-electron chi connectivity index (χ2n) is 40.8. The number of ether oxygens (including phenoxy) is 2. The third-order valence-electron chi connectivity index (χ3n) is 31.6. The van der Waals surface area contributed by atoms with Crippen LogP contribution in [0.15, 0.2) is 245 Å². The van der Waals surface area contributed by atoms with Crippen LogP contribution < -0.4 is 31.2 Å². The van der Waals surface area contributed by atoms with Crippen molar-refractivity contribution in [3.8, 4) is 23.0 Å². The van der Waals surface area contributed by atoms with Gasteiger partial charge < -0.3 is 19.7 Å². The quantitative estimate of drug-likeness (QED) is 0.0231. The number of benzene rings is 8. The Morgan fingerprint density at radius 1 is 0.286 bits per heavy atom. The molecule has 0 saturated carbocycles. The zero-order chi connectivity index (χ0) is 96.8. The first-order valence-corrected chi connectivity index (χ1v) is 52.5. The maximum Gasteiger partial charge on any atom is 0.265 e. The van der Waals surface area contributed by atoms with Gasteiger partial charge in [-0.25, -0.2) is 20.0 Å². The third-order valence-corrected chi connectivity index (χ3v) is 31.6. The van der Waals surface area contributed by atoms with Gasteiger partial charge in [0.1, 0.15) is 23.0 Å². The van der Waals surface area contributed by atoms with E-state index in [9.17, 15) is 29.4 Å². The fraction of sp³-hybridized carbons (Fsp3) is 0.483. The van der Waals surface area contributed by atoms with Gasteiger partial charge in [-0.15, -0.1) is 26.3 Å². The van der Waals surface area contributed by atoms with Crippen molar-refractivity contribution in [3.05, 3.63) is 312 Å². The SMILES string of the molecule is C=CCN1C2CCC1CN(C(c1ccc(C(=O)NN3CCCCC3)cc1)c1cccc(O)c1)C2.C=CCN1C2CCC1CN(C(c1ccc(C(=O)NN3CCCCC3)cc1)c1cccc(OC)c1)C2.C=CCN1C2CCC1CN(C(c1ccc(C(=O)NN3CCCCCC3)cc1)c1cccc(O)c1)C2.C=CCN1C2CCC1CN(C(c1ccc(C(=O)NN3CCCCCC3)cc1)c1cccc(OC)c1)C2. The molecule has 744 valence electrons. The van der Waals surface area contributed by atoms with Crippen LogP contribution in [0.25, 0.3) is 0 Å². The number of likely N-dealkylation sites (tertiary alicyclic amines) is 4. The number of hydrazine groups is 4. The molecule has 12 heterocycles. The van der Waals surface area contributed by atoms with Crippen LogP contribution in [-0.4, -0.2) is 287 Å². The minimum Gasteiger partial charge on any atom is -0.508 e. The van der Waals surface area contributed by atoms with E-state index in [0.717, 1.165) is 216 Å². The van der Waals surface area contributed by atoms with Gasteiger partial charge in [-0.2, -0.15) is 0 Å². The number of hydrogen-bond acceptors (Lipinski definition) is 20. The molecule has 24 heteroatoms. The molecule has 24 nitrogen and oxygen atoms in total. The molecule has 6 N–H and O–H groups in total. The fourth-order valence-electron chi connectivity index (χ4n) is 24.7. The highest BCUT2D eigenvalue weighted by atomic mass is 16.5. The second-order valence-corrected chi connectivity index (χ2v) is 40.8. The first kappa shape index (κ1) is 101. The largest absolute Gasteiger partial charge is 0.508 e. The van der Waals surface area contributed by atoms with E-state index in [1.165, 1.54) is 112 Å². The molecule has 4 amide bonds. The van der Waals surface area contributed by atoms with Crippen LogP contribution in [0.2, 0.25) is 0 Å². The molecule has 0 radical (unpaired) electrons.